The third kappa shape index (κ3) is 3.04. The van der Waals surface area contributed by atoms with Crippen LogP contribution in [0.3, 0.4) is 0 Å². The average molecular weight is 267 g/mol. The fourth-order valence-electron chi connectivity index (χ4n) is 2.38. The molecule has 1 atom stereocenters. The first-order valence-electron chi connectivity index (χ1n) is 7.14. The molecule has 0 aromatic carbocycles. The van der Waals surface area contributed by atoms with E-state index in [1.165, 1.54) is 35.0 Å². The normalized spacial score (nSPS) is 16.9. The number of nitrogens with zero attached hydrogens (tertiary/aromatic N) is 2. The summed E-state index contributed by atoms with van der Waals surface area (Å²) in [5.41, 5.74) is 1.20. The highest BCUT2D eigenvalue weighted by Crippen LogP contribution is 2.37. The summed E-state index contributed by atoms with van der Waals surface area (Å²) in [6.45, 7) is 10.9. The van der Waals surface area contributed by atoms with Crippen LogP contribution in [0.2, 0.25) is 0 Å². The maximum atomic E-state index is 4.80. The number of hydrogen-bond donors (Lipinski definition) is 1. The minimum atomic E-state index is 0.420. The summed E-state index contributed by atoms with van der Waals surface area (Å²) in [6.07, 6.45) is 3.89. The largest absolute Gasteiger partial charge is 0.345 e. The zero-order chi connectivity index (χ0) is 13.1. The fraction of sp³-hybridized carbons (Fsp3) is 0.786. The highest BCUT2D eigenvalue weighted by molar-refractivity contribution is 7.15. The van der Waals surface area contributed by atoms with Crippen molar-refractivity contribution in [1.82, 2.24) is 10.3 Å². The molecule has 3 nitrogen and oxygen atoms in total. The molecule has 102 valence electrons. The molecule has 1 aromatic rings. The molecular formula is C14H25N3S. The van der Waals surface area contributed by atoms with E-state index in [0.29, 0.717) is 6.04 Å². The van der Waals surface area contributed by atoms with Crippen LogP contribution >= 0.6 is 11.3 Å². The van der Waals surface area contributed by atoms with Crippen LogP contribution < -0.4 is 10.2 Å². The molecule has 2 rings (SSSR count). The number of hydrogen-bond acceptors (Lipinski definition) is 4. The van der Waals surface area contributed by atoms with Gasteiger partial charge in [-0.15, -0.1) is 11.3 Å². The Morgan fingerprint density at radius 1 is 1.44 bits per heavy atom. The monoisotopic (exact) mass is 267 g/mol. The molecule has 0 spiro atoms. The highest BCUT2D eigenvalue weighted by atomic mass is 32.1. The molecule has 1 aliphatic carbocycles. The second-order valence-electron chi connectivity index (χ2n) is 5.15. The number of rotatable bonds is 7. The summed E-state index contributed by atoms with van der Waals surface area (Å²) in [5, 5.41) is 4.72. The lowest BCUT2D eigenvalue weighted by molar-refractivity contribution is 0.603. The smallest absolute Gasteiger partial charge is 0.186 e. The van der Waals surface area contributed by atoms with Crippen LogP contribution in [0.4, 0.5) is 5.13 Å². The molecule has 0 aliphatic heterocycles. The Labute approximate surface area is 115 Å². The van der Waals surface area contributed by atoms with Crippen molar-refractivity contribution in [2.45, 2.75) is 59.0 Å². The Bertz CT molecular complexity index is 384. The summed E-state index contributed by atoms with van der Waals surface area (Å²) in [5.74, 6) is 0. The van der Waals surface area contributed by atoms with Gasteiger partial charge < -0.3 is 10.2 Å². The molecule has 18 heavy (non-hydrogen) atoms. The van der Waals surface area contributed by atoms with E-state index in [2.05, 4.69) is 37.9 Å². The van der Waals surface area contributed by atoms with Crippen molar-refractivity contribution in [3.05, 3.63) is 10.6 Å². The number of thiazole rings is 1. The molecule has 1 N–H and O–H groups in total. The average Bonchev–Trinajstić information content (AvgIpc) is 3.09. The Kier molecular flexibility index (Phi) is 4.62. The van der Waals surface area contributed by atoms with Crippen molar-refractivity contribution in [2.24, 2.45) is 0 Å². The number of aromatic nitrogens is 1. The van der Waals surface area contributed by atoms with Crippen LogP contribution in [0.25, 0.3) is 0 Å². The molecule has 1 heterocycles. The summed E-state index contributed by atoms with van der Waals surface area (Å²) in [4.78, 5) is 8.71. The molecule has 0 radical (unpaired) electrons. The van der Waals surface area contributed by atoms with E-state index >= 15 is 0 Å². The van der Waals surface area contributed by atoms with Crippen molar-refractivity contribution in [1.29, 1.82) is 0 Å². The molecule has 0 saturated heterocycles. The van der Waals surface area contributed by atoms with Crippen LogP contribution in [0.15, 0.2) is 0 Å². The second-order valence-corrected chi connectivity index (χ2v) is 6.16. The van der Waals surface area contributed by atoms with Gasteiger partial charge in [-0.05, 0) is 39.7 Å². The van der Waals surface area contributed by atoms with Crippen LogP contribution in [0.1, 0.15) is 56.6 Å². The van der Waals surface area contributed by atoms with Gasteiger partial charge in [0.05, 0.1) is 5.69 Å². The summed E-state index contributed by atoms with van der Waals surface area (Å²) >= 11 is 1.88. The second kappa shape index (κ2) is 6.02. The summed E-state index contributed by atoms with van der Waals surface area (Å²) < 4.78 is 0. The zero-order valence-electron chi connectivity index (χ0n) is 12.0. The van der Waals surface area contributed by atoms with Gasteiger partial charge in [0.25, 0.3) is 0 Å². The first-order valence-corrected chi connectivity index (χ1v) is 7.96. The number of nitrogens with one attached hydrogen (secondary N) is 1. The zero-order valence-corrected chi connectivity index (χ0v) is 12.8. The molecule has 1 aromatic heterocycles. The van der Waals surface area contributed by atoms with E-state index in [-0.39, 0.29) is 0 Å². The van der Waals surface area contributed by atoms with E-state index in [4.69, 9.17) is 4.98 Å². The Morgan fingerprint density at radius 2 is 2.17 bits per heavy atom. The van der Waals surface area contributed by atoms with Crippen LogP contribution in [-0.4, -0.2) is 24.1 Å². The molecular weight excluding hydrogens is 242 g/mol. The van der Waals surface area contributed by atoms with Crippen molar-refractivity contribution >= 4 is 16.5 Å². The van der Waals surface area contributed by atoms with Gasteiger partial charge in [-0.2, -0.15) is 0 Å². The Balaban J connectivity index is 2.15. The van der Waals surface area contributed by atoms with Crippen molar-refractivity contribution in [3.63, 3.8) is 0 Å². The lowest BCUT2D eigenvalue weighted by Crippen LogP contribution is -2.26. The maximum Gasteiger partial charge on any atom is 0.186 e. The minimum Gasteiger partial charge on any atom is -0.345 e. The topological polar surface area (TPSA) is 28.2 Å². The first kappa shape index (κ1) is 13.8. The standard InChI is InChI=1S/C14H25N3S/c1-5-9-17(12-7-8-12)14-16-11(4)13(18-14)10(3)15-6-2/h10,12,15H,5-9H2,1-4H3. The van der Waals surface area contributed by atoms with E-state index in [1.807, 2.05) is 11.3 Å². The summed E-state index contributed by atoms with van der Waals surface area (Å²) in [6, 6.07) is 1.18. The van der Waals surface area contributed by atoms with Gasteiger partial charge >= 0.3 is 0 Å². The van der Waals surface area contributed by atoms with E-state index in [9.17, 15) is 0 Å². The molecule has 1 fully saturated rings. The van der Waals surface area contributed by atoms with Gasteiger partial charge in [0.2, 0.25) is 0 Å². The Morgan fingerprint density at radius 3 is 2.72 bits per heavy atom. The van der Waals surface area contributed by atoms with Crippen LogP contribution in [0.5, 0.6) is 0 Å². The maximum absolute atomic E-state index is 4.80. The molecule has 1 aliphatic rings. The Hall–Kier alpha value is -0.610. The first-order chi connectivity index (χ1) is 8.67. The molecule has 0 amide bonds. The quantitative estimate of drug-likeness (QED) is 0.819. The van der Waals surface area contributed by atoms with Crippen molar-refractivity contribution in [2.75, 3.05) is 18.0 Å². The van der Waals surface area contributed by atoms with Gasteiger partial charge in [-0.1, -0.05) is 13.8 Å². The minimum absolute atomic E-state index is 0.420. The van der Waals surface area contributed by atoms with Crippen molar-refractivity contribution in [3.8, 4) is 0 Å². The van der Waals surface area contributed by atoms with Gasteiger partial charge in [0.1, 0.15) is 0 Å². The van der Waals surface area contributed by atoms with Gasteiger partial charge in [-0.3, -0.25) is 0 Å². The predicted octanol–water partition coefficient (Wildman–Crippen LogP) is 3.50. The van der Waals surface area contributed by atoms with Gasteiger partial charge in [0, 0.05) is 23.5 Å². The predicted molar refractivity (Wildman–Crippen MR) is 79.6 cm³/mol. The van der Waals surface area contributed by atoms with E-state index < -0.39 is 0 Å². The molecule has 1 unspecified atom stereocenters. The van der Waals surface area contributed by atoms with Gasteiger partial charge in [0.15, 0.2) is 5.13 Å². The third-order valence-electron chi connectivity index (χ3n) is 3.42. The van der Waals surface area contributed by atoms with Crippen LogP contribution in [0, 0.1) is 6.92 Å². The van der Waals surface area contributed by atoms with Crippen molar-refractivity contribution < 1.29 is 0 Å². The lowest BCUT2D eigenvalue weighted by atomic mass is 10.2. The molecule has 1 saturated carbocycles. The molecule has 4 heteroatoms. The fourth-order valence-corrected chi connectivity index (χ4v) is 3.57. The number of aryl methyl sites for hydroxylation is 1. The lowest BCUT2D eigenvalue weighted by Gasteiger charge is -2.20. The van der Waals surface area contributed by atoms with E-state index in [0.717, 1.165) is 19.1 Å². The summed E-state index contributed by atoms with van der Waals surface area (Å²) in [7, 11) is 0. The third-order valence-corrected chi connectivity index (χ3v) is 4.80. The SMILES string of the molecule is CCCN(c1nc(C)c(C(C)NCC)s1)C1CC1. The van der Waals surface area contributed by atoms with Crippen LogP contribution in [-0.2, 0) is 0 Å². The highest BCUT2D eigenvalue weighted by Gasteiger charge is 2.31. The van der Waals surface area contributed by atoms with E-state index in [1.54, 1.807) is 0 Å². The molecule has 0 bridgehead atoms. The van der Waals surface area contributed by atoms with Gasteiger partial charge in [-0.25, -0.2) is 4.98 Å². The number of anilines is 1.